The summed E-state index contributed by atoms with van der Waals surface area (Å²) < 4.78 is 20.0. The Hall–Kier alpha value is -4.38. The van der Waals surface area contributed by atoms with Gasteiger partial charge in [-0.3, -0.25) is 4.79 Å². The van der Waals surface area contributed by atoms with E-state index in [0.717, 1.165) is 5.56 Å². The van der Waals surface area contributed by atoms with Crippen LogP contribution in [-0.2, 0) is 16.0 Å². The van der Waals surface area contributed by atoms with Gasteiger partial charge in [0, 0.05) is 31.0 Å². The average molecular weight is 581 g/mol. The van der Waals surface area contributed by atoms with E-state index >= 15 is 0 Å². The SMILES string of the molecule is CC(C)(C)OC(=O)N1CCC(NC(=O)Cc2ccc(Nc3nc(-c4c(F)cccc4Cl)nc4c[nH]c(O)c34)cc2)C1. The van der Waals surface area contributed by atoms with Gasteiger partial charge in [0.2, 0.25) is 11.8 Å². The molecule has 0 aliphatic carbocycles. The summed E-state index contributed by atoms with van der Waals surface area (Å²) in [7, 11) is 0. The predicted molar refractivity (Wildman–Crippen MR) is 154 cm³/mol. The maximum atomic E-state index is 14.6. The second kappa shape index (κ2) is 11.2. The predicted octanol–water partition coefficient (Wildman–Crippen LogP) is 5.53. The molecule has 2 aromatic heterocycles. The lowest BCUT2D eigenvalue weighted by atomic mass is 10.1. The number of hydrogen-bond acceptors (Lipinski definition) is 7. The molecule has 2 amide bonds. The van der Waals surface area contributed by atoms with Gasteiger partial charge in [-0.25, -0.2) is 19.2 Å². The number of fused-ring (bicyclic) bond motifs is 1. The molecule has 1 fully saturated rings. The van der Waals surface area contributed by atoms with Crippen molar-refractivity contribution in [3.63, 3.8) is 0 Å². The van der Waals surface area contributed by atoms with Crippen molar-refractivity contribution in [1.29, 1.82) is 0 Å². The fourth-order valence-electron chi connectivity index (χ4n) is 4.62. The quantitative estimate of drug-likeness (QED) is 0.235. The number of rotatable bonds is 6. The summed E-state index contributed by atoms with van der Waals surface area (Å²) in [5.74, 6) is -0.542. The van der Waals surface area contributed by atoms with Crippen LogP contribution in [0.3, 0.4) is 0 Å². The molecule has 0 radical (unpaired) electrons. The zero-order valence-electron chi connectivity index (χ0n) is 22.8. The van der Waals surface area contributed by atoms with E-state index in [1.54, 1.807) is 35.2 Å². The third kappa shape index (κ3) is 6.51. The molecular formula is C29H30ClFN6O4. The number of nitrogens with one attached hydrogen (secondary N) is 3. The van der Waals surface area contributed by atoms with Crippen LogP contribution >= 0.6 is 11.6 Å². The molecule has 3 heterocycles. The molecule has 4 aromatic rings. The smallest absolute Gasteiger partial charge is 0.410 e. The Kier molecular flexibility index (Phi) is 7.72. The Morgan fingerprint density at radius 1 is 1.20 bits per heavy atom. The molecule has 0 bridgehead atoms. The molecule has 1 aliphatic rings. The number of aromatic amines is 1. The largest absolute Gasteiger partial charge is 0.494 e. The number of carbonyl (C=O) groups excluding carboxylic acids is 2. The van der Waals surface area contributed by atoms with Gasteiger partial charge in [0.25, 0.3) is 0 Å². The normalized spacial score (nSPS) is 15.2. The summed E-state index contributed by atoms with van der Waals surface area (Å²) in [6.45, 7) is 6.39. The lowest BCUT2D eigenvalue weighted by Crippen LogP contribution is -2.40. The molecule has 2 aromatic carbocycles. The highest BCUT2D eigenvalue weighted by atomic mass is 35.5. The Balaban J connectivity index is 1.25. The first-order valence-corrected chi connectivity index (χ1v) is 13.5. The highest BCUT2D eigenvalue weighted by Crippen LogP contribution is 2.35. The van der Waals surface area contributed by atoms with Gasteiger partial charge >= 0.3 is 6.09 Å². The van der Waals surface area contributed by atoms with E-state index in [4.69, 9.17) is 16.3 Å². The average Bonchev–Trinajstić information content (AvgIpc) is 3.51. The molecule has 10 nitrogen and oxygen atoms in total. The number of nitrogens with zero attached hydrogens (tertiary/aromatic N) is 3. The van der Waals surface area contributed by atoms with Gasteiger partial charge in [-0.1, -0.05) is 29.8 Å². The summed E-state index contributed by atoms with van der Waals surface area (Å²) >= 11 is 6.24. The number of ether oxygens (including phenoxy) is 1. The zero-order chi connectivity index (χ0) is 29.3. The number of aromatic nitrogens is 3. The number of halogens is 2. The van der Waals surface area contributed by atoms with E-state index in [0.29, 0.717) is 36.1 Å². The number of carbonyl (C=O) groups is 2. The van der Waals surface area contributed by atoms with Crippen molar-refractivity contribution in [3.05, 3.63) is 65.1 Å². The summed E-state index contributed by atoms with van der Waals surface area (Å²) in [6, 6.07) is 11.3. The lowest BCUT2D eigenvalue weighted by molar-refractivity contribution is -0.121. The number of amides is 2. The third-order valence-corrected chi connectivity index (χ3v) is 6.81. The van der Waals surface area contributed by atoms with E-state index < -0.39 is 11.4 Å². The molecule has 1 saturated heterocycles. The molecule has 5 rings (SSSR count). The number of hydrogen-bond donors (Lipinski definition) is 4. The first kappa shape index (κ1) is 28.2. The Morgan fingerprint density at radius 3 is 2.66 bits per heavy atom. The summed E-state index contributed by atoms with van der Waals surface area (Å²) in [4.78, 5) is 38.1. The highest BCUT2D eigenvalue weighted by molar-refractivity contribution is 6.33. The van der Waals surface area contributed by atoms with Crippen molar-refractivity contribution in [2.45, 2.75) is 45.3 Å². The van der Waals surface area contributed by atoms with Crippen molar-refractivity contribution in [3.8, 4) is 17.3 Å². The van der Waals surface area contributed by atoms with E-state index in [2.05, 4.69) is 25.6 Å². The van der Waals surface area contributed by atoms with Crippen molar-refractivity contribution in [2.75, 3.05) is 18.4 Å². The van der Waals surface area contributed by atoms with Gasteiger partial charge < -0.3 is 30.4 Å². The number of anilines is 2. The maximum absolute atomic E-state index is 14.6. The summed E-state index contributed by atoms with van der Waals surface area (Å²) in [5.41, 5.74) is 1.27. The fraction of sp³-hybridized carbons (Fsp3) is 0.310. The van der Waals surface area contributed by atoms with Gasteiger partial charge in [0.15, 0.2) is 5.82 Å². The molecule has 1 unspecified atom stereocenters. The minimum atomic E-state index is -0.573. The molecule has 0 saturated carbocycles. The van der Waals surface area contributed by atoms with Gasteiger partial charge in [-0.05, 0) is 57.0 Å². The van der Waals surface area contributed by atoms with Crippen molar-refractivity contribution in [1.82, 2.24) is 25.2 Å². The minimum Gasteiger partial charge on any atom is -0.494 e. The molecule has 0 spiro atoms. The fourth-order valence-corrected chi connectivity index (χ4v) is 4.86. The van der Waals surface area contributed by atoms with Gasteiger partial charge in [-0.2, -0.15) is 0 Å². The summed E-state index contributed by atoms with van der Waals surface area (Å²) in [6.07, 6.45) is 1.94. The Morgan fingerprint density at radius 2 is 1.95 bits per heavy atom. The Bertz CT molecular complexity index is 1580. The van der Waals surface area contributed by atoms with E-state index in [-0.39, 0.29) is 52.6 Å². The highest BCUT2D eigenvalue weighted by Gasteiger charge is 2.30. The Labute approximate surface area is 240 Å². The molecule has 4 N–H and O–H groups in total. The molecule has 12 heteroatoms. The van der Waals surface area contributed by atoms with Crippen LogP contribution < -0.4 is 10.6 Å². The second-order valence-electron chi connectivity index (χ2n) is 10.9. The number of benzene rings is 2. The van der Waals surface area contributed by atoms with Crippen molar-refractivity contribution >= 4 is 46.0 Å². The van der Waals surface area contributed by atoms with Crippen LogP contribution in [0.4, 0.5) is 20.7 Å². The van der Waals surface area contributed by atoms with E-state index in [9.17, 15) is 19.1 Å². The molecule has 214 valence electrons. The number of likely N-dealkylation sites (tertiary alicyclic amines) is 1. The second-order valence-corrected chi connectivity index (χ2v) is 11.3. The van der Waals surface area contributed by atoms with E-state index in [1.807, 2.05) is 20.8 Å². The monoisotopic (exact) mass is 580 g/mol. The van der Waals surface area contributed by atoms with Crippen LogP contribution in [-0.4, -0.2) is 61.7 Å². The van der Waals surface area contributed by atoms with Crippen LogP contribution in [0.25, 0.3) is 22.3 Å². The van der Waals surface area contributed by atoms with Gasteiger partial charge in [0.05, 0.1) is 22.5 Å². The van der Waals surface area contributed by atoms with Gasteiger partial charge in [0.1, 0.15) is 22.6 Å². The van der Waals surface area contributed by atoms with Crippen LogP contribution in [0.1, 0.15) is 32.8 Å². The summed E-state index contributed by atoms with van der Waals surface area (Å²) in [5, 5.41) is 17.0. The van der Waals surface area contributed by atoms with Crippen LogP contribution in [0.2, 0.25) is 5.02 Å². The molecule has 41 heavy (non-hydrogen) atoms. The molecule has 1 atom stereocenters. The van der Waals surface area contributed by atoms with Crippen LogP contribution in [0, 0.1) is 5.82 Å². The lowest BCUT2D eigenvalue weighted by Gasteiger charge is -2.24. The minimum absolute atomic E-state index is 0.0534. The van der Waals surface area contributed by atoms with Gasteiger partial charge in [-0.15, -0.1) is 0 Å². The van der Waals surface area contributed by atoms with Crippen molar-refractivity contribution < 1.29 is 23.8 Å². The first-order chi connectivity index (χ1) is 19.5. The van der Waals surface area contributed by atoms with E-state index in [1.165, 1.54) is 18.3 Å². The van der Waals surface area contributed by atoms with Crippen molar-refractivity contribution in [2.24, 2.45) is 0 Å². The van der Waals surface area contributed by atoms with Crippen LogP contribution in [0.15, 0.2) is 48.7 Å². The number of aromatic hydroxyl groups is 1. The standard InChI is InChI=1S/C29H30ClFN6O4/c1-29(2,3)41-28(40)37-12-11-18(15-37)33-22(38)13-16-7-9-17(10-8-16)34-26-24-21(14-32-27(24)39)35-25(36-26)23-19(30)5-4-6-20(23)31/h4-10,14,18,32,39H,11-13,15H2,1-3H3,(H,33,38)(H,34,35,36). The topological polar surface area (TPSA) is 132 Å². The molecule has 1 aliphatic heterocycles. The third-order valence-electron chi connectivity index (χ3n) is 6.49. The number of H-pyrrole nitrogens is 1. The maximum Gasteiger partial charge on any atom is 0.410 e. The zero-order valence-corrected chi connectivity index (χ0v) is 23.6. The first-order valence-electron chi connectivity index (χ1n) is 13.1. The van der Waals surface area contributed by atoms with Crippen LogP contribution in [0.5, 0.6) is 5.88 Å². The molecular weight excluding hydrogens is 551 g/mol.